The average Bonchev–Trinajstić information content (AvgIpc) is 2.81. The Morgan fingerprint density at radius 3 is 1.95 bits per heavy atom. The molecule has 0 unspecified atom stereocenters. The Kier molecular flexibility index (Phi) is 7.78. The van der Waals surface area contributed by atoms with Crippen LogP contribution >= 0.6 is 11.6 Å². The minimum atomic E-state index is -0.0498. The van der Waals surface area contributed by atoms with E-state index in [4.69, 9.17) is 16.0 Å². The van der Waals surface area contributed by atoms with Gasteiger partial charge in [0.1, 0.15) is 0 Å². The molecule has 0 radical (unpaired) electrons. The summed E-state index contributed by atoms with van der Waals surface area (Å²) < 4.78 is 5.02. The predicted molar refractivity (Wildman–Crippen MR) is 86.0 cm³/mol. The van der Waals surface area contributed by atoms with Crippen LogP contribution in [0.4, 0.5) is 0 Å². The van der Waals surface area contributed by atoms with E-state index in [1.807, 2.05) is 33.1 Å². The minimum absolute atomic E-state index is 0.0498. The quantitative estimate of drug-likeness (QED) is 0.701. The summed E-state index contributed by atoms with van der Waals surface area (Å²) in [5.74, 6) is -0.0498. The van der Waals surface area contributed by atoms with Crippen molar-refractivity contribution in [1.82, 2.24) is 14.7 Å². The molecule has 6 heteroatoms. The Labute approximate surface area is 132 Å². The third kappa shape index (κ3) is 6.50. The largest absolute Gasteiger partial charge is 0.452 e. The molecule has 0 saturated heterocycles. The number of amides is 1. The first kappa shape index (κ1) is 18.0. The van der Waals surface area contributed by atoms with Crippen molar-refractivity contribution in [2.45, 2.75) is 12.8 Å². The van der Waals surface area contributed by atoms with Crippen molar-refractivity contribution < 1.29 is 9.21 Å². The topological polar surface area (TPSA) is 39.9 Å². The molecule has 0 saturated carbocycles. The second-order valence-corrected chi connectivity index (χ2v) is 6.06. The van der Waals surface area contributed by atoms with Crippen LogP contribution < -0.4 is 0 Å². The van der Waals surface area contributed by atoms with Crippen molar-refractivity contribution in [3.8, 4) is 0 Å². The normalized spacial score (nSPS) is 11.4. The first-order valence-electron chi connectivity index (χ1n) is 7.23. The fourth-order valence-corrected chi connectivity index (χ4v) is 2.28. The van der Waals surface area contributed by atoms with Gasteiger partial charge in [0, 0.05) is 13.1 Å². The maximum absolute atomic E-state index is 12.5. The molecule has 1 aromatic rings. The third-order valence-corrected chi connectivity index (χ3v) is 3.50. The molecule has 1 amide bonds. The van der Waals surface area contributed by atoms with Crippen LogP contribution in [0.25, 0.3) is 0 Å². The molecule has 5 nitrogen and oxygen atoms in total. The van der Waals surface area contributed by atoms with Gasteiger partial charge < -0.3 is 19.1 Å². The van der Waals surface area contributed by atoms with Crippen LogP contribution in [-0.2, 0) is 0 Å². The van der Waals surface area contributed by atoms with Crippen molar-refractivity contribution in [3.05, 3.63) is 23.1 Å². The second-order valence-electron chi connectivity index (χ2n) is 5.71. The molecule has 0 aliphatic carbocycles. The van der Waals surface area contributed by atoms with E-state index in [1.165, 1.54) is 6.26 Å². The molecular weight excluding hydrogens is 290 g/mol. The van der Waals surface area contributed by atoms with E-state index in [0.717, 1.165) is 39.0 Å². The maximum Gasteiger partial charge on any atom is 0.258 e. The summed E-state index contributed by atoms with van der Waals surface area (Å²) >= 11 is 5.92. The zero-order chi connectivity index (χ0) is 15.8. The van der Waals surface area contributed by atoms with Gasteiger partial charge in [-0.25, -0.2) is 0 Å². The van der Waals surface area contributed by atoms with Crippen LogP contribution in [0.1, 0.15) is 23.2 Å². The molecule has 0 N–H and O–H groups in total. The molecule has 0 fully saturated rings. The van der Waals surface area contributed by atoms with Crippen molar-refractivity contribution in [3.63, 3.8) is 0 Å². The predicted octanol–water partition coefficient (Wildman–Crippen LogP) is 2.28. The van der Waals surface area contributed by atoms with Crippen molar-refractivity contribution in [1.29, 1.82) is 0 Å². The highest BCUT2D eigenvalue weighted by atomic mass is 35.5. The van der Waals surface area contributed by atoms with E-state index in [9.17, 15) is 4.79 Å². The number of rotatable bonds is 9. The van der Waals surface area contributed by atoms with E-state index in [-0.39, 0.29) is 11.1 Å². The molecule has 120 valence electrons. The molecule has 0 atom stereocenters. The Morgan fingerprint density at radius 2 is 1.57 bits per heavy atom. The Morgan fingerprint density at radius 1 is 1.05 bits per heavy atom. The lowest BCUT2D eigenvalue weighted by molar-refractivity contribution is 0.0744. The maximum atomic E-state index is 12.5. The van der Waals surface area contributed by atoms with E-state index >= 15 is 0 Å². The Bertz CT molecular complexity index is 418. The summed E-state index contributed by atoms with van der Waals surface area (Å²) in [6.07, 6.45) is 3.33. The van der Waals surface area contributed by atoms with Gasteiger partial charge in [-0.15, -0.1) is 0 Å². The highest BCUT2D eigenvalue weighted by Gasteiger charge is 2.20. The molecule has 1 rings (SSSR count). The lowest BCUT2D eigenvalue weighted by Gasteiger charge is -2.24. The fraction of sp³-hybridized carbons (Fsp3) is 0.667. The lowest BCUT2D eigenvalue weighted by atomic mass is 10.2. The van der Waals surface area contributed by atoms with Crippen LogP contribution in [0.3, 0.4) is 0 Å². The number of carbonyl (C=O) groups excluding carboxylic acids is 1. The Hall–Kier alpha value is -1.04. The third-order valence-electron chi connectivity index (χ3n) is 3.20. The second kappa shape index (κ2) is 9.07. The number of halogens is 1. The van der Waals surface area contributed by atoms with E-state index in [1.54, 1.807) is 6.07 Å². The highest BCUT2D eigenvalue weighted by molar-refractivity contribution is 6.32. The van der Waals surface area contributed by atoms with Crippen LogP contribution in [0.2, 0.25) is 5.22 Å². The van der Waals surface area contributed by atoms with Crippen LogP contribution in [0.15, 0.2) is 16.7 Å². The summed E-state index contributed by atoms with van der Waals surface area (Å²) in [6, 6.07) is 1.63. The first-order valence-corrected chi connectivity index (χ1v) is 7.61. The smallest absolute Gasteiger partial charge is 0.258 e. The summed E-state index contributed by atoms with van der Waals surface area (Å²) in [6.45, 7) is 3.37. The number of furan rings is 1. The fourth-order valence-electron chi connectivity index (χ4n) is 2.09. The Balaban J connectivity index is 2.61. The van der Waals surface area contributed by atoms with Gasteiger partial charge in [-0.3, -0.25) is 4.79 Å². The average molecular weight is 316 g/mol. The summed E-state index contributed by atoms with van der Waals surface area (Å²) in [4.78, 5) is 18.6. The number of carbonyl (C=O) groups is 1. The minimum Gasteiger partial charge on any atom is -0.452 e. The first-order chi connectivity index (χ1) is 9.91. The zero-order valence-electron chi connectivity index (χ0n) is 13.4. The number of hydrogen-bond donors (Lipinski definition) is 0. The number of nitrogens with zero attached hydrogens (tertiary/aromatic N) is 3. The monoisotopic (exact) mass is 315 g/mol. The van der Waals surface area contributed by atoms with Gasteiger partial charge in [0.25, 0.3) is 5.91 Å². The SMILES string of the molecule is CN(C)CCCN(CCCN(C)C)C(=O)c1ccoc1Cl. The molecule has 0 aromatic carbocycles. The van der Waals surface area contributed by atoms with Gasteiger partial charge in [0.15, 0.2) is 0 Å². The van der Waals surface area contributed by atoms with Gasteiger partial charge in [0.2, 0.25) is 5.22 Å². The lowest BCUT2D eigenvalue weighted by Crippen LogP contribution is -2.35. The molecule has 0 aliphatic rings. The van der Waals surface area contributed by atoms with E-state index in [0.29, 0.717) is 5.56 Å². The summed E-state index contributed by atoms with van der Waals surface area (Å²) in [7, 11) is 8.13. The van der Waals surface area contributed by atoms with Crippen LogP contribution in [0, 0.1) is 0 Å². The molecule has 21 heavy (non-hydrogen) atoms. The molecule has 1 aromatic heterocycles. The van der Waals surface area contributed by atoms with Gasteiger partial charge in [0.05, 0.1) is 11.8 Å². The van der Waals surface area contributed by atoms with Gasteiger partial charge in [-0.05, 0) is 71.8 Å². The van der Waals surface area contributed by atoms with Crippen molar-refractivity contribution in [2.24, 2.45) is 0 Å². The van der Waals surface area contributed by atoms with Crippen LogP contribution in [0.5, 0.6) is 0 Å². The summed E-state index contributed by atoms with van der Waals surface area (Å²) in [5.41, 5.74) is 0.450. The number of hydrogen-bond acceptors (Lipinski definition) is 4. The molecule has 1 heterocycles. The highest BCUT2D eigenvalue weighted by Crippen LogP contribution is 2.19. The standard InChI is InChI=1S/C15H26ClN3O2/c1-17(2)8-5-10-19(11-6-9-18(3)4)15(20)13-7-12-21-14(13)16/h7,12H,5-6,8-11H2,1-4H3. The molecule has 0 aliphatic heterocycles. The van der Waals surface area contributed by atoms with Gasteiger partial charge in [-0.1, -0.05) is 0 Å². The van der Waals surface area contributed by atoms with Crippen molar-refractivity contribution >= 4 is 17.5 Å². The van der Waals surface area contributed by atoms with E-state index < -0.39 is 0 Å². The van der Waals surface area contributed by atoms with Crippen LogP contribution in [-0.4, -0.2) is 75.0 Å². The zero-order valence-corrected chi connectivity index (χ0v) is 14.2. The molecule has 0 bridgehead atoms. The van der Waals surface area contributed by atoms with E-state index in [2.05, 4.69) is 9.80 Å². The van der Waals surface area contributed by atoms with Gasteiger partial charge >= 0.3 is 0 Å². The van der Waals surface area contributed by atoms with Crippen molar-refractivity contribution in [2.75, 3.05) is 54.4 Å². The summed E-state index contributed by atoms with van der Waals surface area (Å²) in [5, 5.41) is 0.171. The van der Waals surface area contributed by atoms with Gasteiger partial charge in [-0.2, -0.15) is 0 Å². The molecule has 0 spiro atoms. The molecular formula is C15H26ClN3O2.